The topological polar surface area (TPSA) is 108 Å². The van der Waals surface area contributed by atoms with Crippen molar-refractivity contribution in [3.63, 3.8) is 0 Å². The van der Waals surface area contributed by atoms with E-state index in [4.69, 9.17) is 31.6 Å². The Morgan fingerprint density at radius 3 is 2.61 bits per heavy atom. The third-order valence-corrected chi connectivity index (χ3v) is 12.1. The highest BCUT2D eigenvalue weighted by Gasteiger charge is 2.40. The van der Waals surface area contributed by atoms with Crippen molar-refractivity contribution in [2.45, 2.75) is 89.7 Å². The summed E-state index contributed by atoms with van der Waals surface area (Å²) in [4.78, 5) is 22.5. The first-order chi connectivity index (χ1) is 15.4. The van der Waals surface area contributed by atoms with Gasteiger partial charge >= 0.3 is 6.09 Å². The van der Waals surface area contributed by atoms with Crippen LogP contribution in [0.5, 0.6) is 0 Å². The molecule has 0 bridgehead atoms. The van der Waals surface area contributed by atoms with Gasteiger partial charge in [0.25, 0.3) is 0 Å². The van der Waals surface area contributed by atoms with E-state index in [2.05, 4.69) is 48.7 Å². The fourth-order valence-electron chi connectivity index (χ4n) is 4.43. The minimum atomic E-state index is -1.85. The zero-order valence-electron chi connectivity index (χ0n) is 20.4. The van der Waals surface area contributed by atoms with Crippen LogP contribution in [0, 0.1) is 6.92 Å². The van der Waals surface area contributed by atoms with Crippen LogP contribution in [0.1, 0.15) is 58.2 Å². The maximum Gasteiger partial charge on any atom is 0.404 e. The number of nitrogens with zero attached hydrogens (tertiary/aromatic N) is 5. The van der Waals surface area contributed by atoms with Gasteiger partial charge in [-0.3, -0.25) is 0 Å². The average Bonchev–Trinajstić information content (AvgIpc) is 3.26. The highest BCUT2D eigenvalue weighted by molar-refractivity contribution is 6.74. The Balaban J connectivity index is 1.60. The number of anilines is 1. The lowest BCUT2D eigenvalue weighted by atomic mass is 9.89. The highest BCUT2D eigenvalue weighted by Crippen LogP contribution is 2.40. The Morgan fingerprint density at radius 2 is 1.97 bits per heavy atom. The molecule has 0 aromatic carbocycles. The number of amides is 1. The zero-order valence-corrected chi connectivity index (χ0v) is 22.1. The number of hydrogen-bond acceptors (Lipinski definition) is 7. The number of aryl methyl sites for hydroxylation is 1. The quantitative estimate of drug-likeness (QED) is 0.462. The lowest BCUT2D eigenvalue weighted by Gasteiger charge is -2.38. The van der Waals surface area contributed by atoms with E-state index in [1.807, 2.05) is 11.6 Å². The summed E-state index contributed by atoms with van der Waals surface area (Å²) >= 11 is 6.40. The first-order valence-electron chi connectivity index (χ1n) is 11.7. The number of carbonyl (C=O) groups excluding carboxylic acids is 1. The van der Waals surface area contributed by atoms with Gasteiger partial charge in [-0.05, 0) is 49.5 Å². The number of hydrogen-bond donors (Lipinski definition) is 1. The van der Waals surface area contributed by atoms with E-state index in [-0.39, 0.29) is 28.5 Å². The Bertz CT molecular complexity index is 1050. The molecule has 1 aliphatic carbocycles. The summed E-state index contributed by atoms with van der Waals surface area (Å²) in [7, 11) is -1.85. The van der Waals surface area contributed by atoms with Crippen LogP contribution in [0.4, 0.5) is 10.6 Å². The monoisotopic (exact) mass is 494 g/mol. The van der Waals surface area contributed by atoms with Crippen molar-refractivity contribution in [1.82, 2.24) is 19.7 Å². The Labute approximate surface area is 201 Å². The highest BCUT2D eigenvalue weighted by atomic mass is 35.5. The third-order valence-electron chi connectivity index (χ3n) is 7.47. The van der Waals surface area contributed by atoms with Crippen molar-refractivity contribution in [3.05, 3.63) is 11.0 Å². The molecule has 0 spiro atoms. The van der Waals surface area contributed by atoms with E-state index in [1.54, 1.807) is 0 Å². The fourth-order valence-corrected chi connectivity index (χ4v) is 5.63. The Morgan fingerprint density at radius 1 is 1.27 bits per heavy atom. The normalized spacial score (nSPS) is 23.7. The standard InChI is InChI=1S/C22H35ClN6O3Si/c1-13-17-18(28-9-7-8-14(28)12-31-33(5,6)22(2,3)4)25-20(23)26-19(17)29(27-13)15-10-16(11-15)32-21(24)30/h14-16H,7-12H2,1-6H3,(H2,24,30)/t14-,15-,16+/m0/s1. The van der Waals surface area contributed by atoms with Gasteiger partial charge in [-0.1, -0.05) is 20.8 Å². The van der Waals surface area contributed by atoms with Gasteiger partial charge in [0.05, 0.1) is 29.8 Å². The minimum Gasteiger partial charge on any atom is -0.446 e. The molecule has 4 rings (SSSR count). The van der Waals surface area contributed by atoms with Crippen LogP contribution in [0.25, 0.3) is 11.0 Å². The minimum absolute atomic E-state index is 0.0839. The number of halogens is 1. The summed E-state index contributed by atoms with van der Waals surface area (Å²) in [5, 5.41) is 6.07. The van der Waals surface area contributed by atoms with Crippen molar-refractivity contribution >= 4 is 42.9 Å². The van der Waals surface area contributed by atoms with Gasteiger partial charge in [0.2, 0.25) is 5.28 Å². The van der Waals surface area contributed by atoms with Gasteiger partial charge in [-0.2, -0.15) is 15.1 Å². The molecule has 2 aromatic heterocycles. The zero-order chi connectivity index (χ0) is 24.1. The summed E-state index contributed by atoms with van der Waals surface area (Å²) in [6.45, 7) is 14.9. The number of ether oxygens (including phenoxy) is 1. The van der Waals surface area contributed by atoms with Gasteiger partial charge in [0, 0.05) is 19.4 Å². The number of aromatic nitrogens is 4. The predicted molar refractivity (Wildman–Crippen MR) is 131 cm³/mol. The molecule has 2 aliphatic rings. The third kappa shape index (κ3) is 4.70. The smallest absolute Gasteiger partial charge is 0.404 e. The molecular weight excluding hydrogens is 460 g/mol. The summed E-state index contributed by atoms with van der Waals surface area (Å²) in [6, 6.07) is 0.328. The first-order valence-corrected chi connectivity index (χ1v) is 14.9. The van der Waals surface area contributed by atoms with Gasteiger partial charge in [0.1, 0.15) is 11.9 Å². The van der Waals surface area contributed by atoms with Crippen LogP contribution in [-0.4, -0.2) is 59.5 Å². The summed E-state index contributed by atoms with van der Waals surface area (Å²) in [5.41, 5.74) is 6.73. The van der Waals surface area contributed by atoms with Crippen molar-refractivity contribution in [1.29, 1.82) is 0 Å². The summed E-state index contributed by atoms with van der Waals surface area (Å²) < 4.78 is 13.6. The molecule has 182 valence electrons. The molecule has 11 heteroatoms. The maximum atomic E-state index is 11.0. The summed E-state index contributed by atoms with van der Waals surface area (Å²) in [5.74, 6) is 0.833. The van der Waals surface area contributed by atoms with Crippen LogP contribution in [-0.2, 0) is 9.16 Å². The largest absolute Gasteiger partial charge is 0.446 e. The number of primary amides is 1. The molecule has 9 nitrogen and oxygen atoms in total. The van der Waals surface area contributed by atoms with Crippen molar-refractivity contribution in [2.24, 2.45) is 5.73 Å². The average molecular weight is 495 g/mol. The predicted octanol–water partition coefficient (Wildman–Crippen LogP) is 4.58. The van der Waals surface area contributed by atoms with E-state index in [9.17, 15) is 4.79 Å². The second-order valence-electron chi connectivity index (χ2n) is 10.8. The molecule has 1 aliphatic heterocycles. The second kappa shape index (κ2) is 8.70. The van der Waals surface area contributed by atoms with E-state index < -0.39 is 14.4 Å². The molecule has 2 aromatic rings. The van der Waals surface area contributed by atoms with Crippen LogP contribution < -0.4 is 10.6 Å². The number of carbonyl (C=O) groups is 1. The van der Waals surface area contributed by atoms with Crippen molar-refractivity contribution in [2.75, 3.05) is 18.1 Å². The molecule has 2 N–H and O–H groups in total. The number of fused-ring (bicyclic) bond motifs is 1. The van der Waals surface area contributed by atoms with E-state index in [0.717, 1.165) is 41.9 Å². The van der Waals surface area contributed by atoms with Gasteiger partial charge in [-0.15, -0.1) is 0 Å². The molecular formula is C22H35ClN6O3Si. The first kappa shape index (κ1) is 24.2. The Kier molecular flexibility index (Phi) is 6.39. The fraction of sp³-hybridized carbons (Fsp3) is 0.727. The molecule has 0 radical (unpaired) electrons. The van der Waals surface area contributed by atoms with Gasteiger partial charge in [-0.25, -0.2) is 9.48 Å². The lowest BCUT2D eigenvalue weighted by Crippen LogP contribution is -2.45. The molecule has 1 atom stereocenters. The molecule has 1 saturated carbocycles. The maximum absolute atomic E-state index is 11.0. The van der Waals surface area contributed by atoms with Gasteiger partial charge < -0.3 is 19.8 Å². The molecule has 1 saturated heterocycles. The number of nitrogens with two attached hydrogens (primary N) is 1. The number of rotatable bonds is 6. The van der Waals surface area contributed by atoms with Crippen molar-refractivity contribution < 1.29 is 14.0 Å². The SMILES string of the molecule is Cc1nn([C@H]2C[C@@H](OC(N)=O)C2)c2nc(Cl)nc(N3CCC[C@H]3CO[Si](C)(C)C(C)(C)C)c12. The van der Waals surface area contributed by atoms with Crippen LogP contribution >= 0.6 is 11.6 Å². The molecule has 0 unspecified atom stereocenters. The summed E-state index contributed by atoms with van der Waals surface area (Å²) in [6.07, 6.45) is 2.52. The Hall–Kier alpha value is -1.91. The second-order valence-corrected chi connectivity index (χ2v) is 15.9. The van der Waals surface area contributed by atoms with Crippen molar-refractivity contribution in [3.8, 4) is 0 Å². The molecule has 3 heterocycles. The molecule has 2 fully saturated rings. The van der Waals surface area contributed by atoms with Crippen LogP contribution in [0.2, 0.25) is 23.4 Å². The van der Waals surface area contributed by atoms with E-state index in [0.29, 0.717) is 19.4 Å². The lowest BCUT2D eigenvalue weighted by molar-refractivity contribution is 0.0243. The van der Waals surface area contributed by atoms with E-state index in [1.165, 1.54) is 0 Å². The van der Waals surface area contributed by atoms with E-state index >= 15 is 0 Å². The van der Waals surface area contributed by atoms with Crippen LogP contribution in [0.15, 0.2) is 0 Å². The molecule has 33 heavy (non-hydrogen) atoms. The van der Waals surface area contributed by atoms with Crippen LogP contribution in [0.3, 0.4) is 0 Å². The van der Waals surface area contributed by atoms with Gasteiger partial charge in [0.15, 0.2) is 14.0 Å². The molecule has 1 amide bonds.